The normalized spacial score (nSPS) is 15.5. The van der Waals surface area contributed by atoms with E-state index in [9.17, 15) is 14.4 Å². The lowest BCUT2D eigenvalue weighted by molar-refractivity contribution is 0.0515. The van der Waals surface area contributed by atoms with Crippen LogP contribution in [0.4, 0.5) is 11.9 Å². The largest absolute Gasteiger partial charge is 0.462 e. The van der Waals surface area contributed by atoms with Crippen molar-refractivity contribution in [1.82, 2.24) is 19.9 Å². The fourth-order valence-corrected chi connectivity index (χ4v) is 3.49. The molecule has 36 heavy (non-hydrogen) atoms. The van der Waals surface area contributed by atoms with E-state index in [-0.39, 0.29) is 22.9 Å². The molecule has 2 aromatic rings. The Balaban J connectivity index is 0.000000201. The van der Waals surface area contributed by atoms with E-state index in [1.165, 1.54) is 12.4 Å². The molecular formula is C22H29ClN6O7. The summed E-state index contributed by atoms with van der Waals surface area (Å²) >= 11 is 5.97. The maximum atomic E-state index is 11.7. The van der Waals surface area contributed by atoms with Crippen LogP contribution in [0.25, 0.3) is 0 Å². The molecule has 0 bridgehead atoms. The molecule has 14 heteroatoms. The zero-order valence-electron chi connectivity index (χ0n) is 20.2. The van der Waals surface area contributed by atoms with Crippen LogP contribution in [-0.4, -0.2) is 97.7 Å². The fraction of sp³-hybridized carbons (Fsp3) is 0.545. The summed E-state index contributed by atoms with van der Waals surface area (Å²) in [6, 6.07) is 0. The van der Waals surface area contributed by atoms with E-state index < -0.39 is 17.5 Å². The Hall–Kier alpha value is -3.29. The first kappa shape index (κ1) is 27.3. The Morgan fingerprint density at radius 1 is 0.917 bits per heavy atom. The fourth-order valence-electron chi connectivity index (χ4n) is 3.29. The number of rotatable bonds is 6. The minimum absolute atomic E-state index is 0.0751. The van der Waals surface area contributed by atoms with Crippen LogP contribution >= 0.6 is 11.6 Å². The summed E-state index contributed by atoms with van der Waals surface area (Å²) in [4.78, 5) is 53.5. The second-order valence-electron chi connectivity index (χ2n) is 7.46. The maximum absolute atomic E-state index is 11.7. The van der Waals surface area contributed by atoms with Crippen molar-refractivity contribution in [2.45, 2.75) is 13.8 Å². The number of aromatic amines is 1. The van der Waals surface area contributed by atoms with Gasteiger partial charge in [-0.05, 0) is 13.8 Å². The quantitative estimate of drug-likeness (QED) is 0.423. The van der Waals surface area contributed by atoms with Crippen molar-refractivity contribution >= 4 is 35.4 Å². The molecule has 4 rings (SSSR count). The van der Waals surface area contributed by atoms with Gasteiger partial charge >= 0.3 is 11.9 Å². The van der Waals surface area contributed by atoms with E-state index in [0.717, 1.165) is 13.1 Å². The number of aromatic nitrogens is 4. The second kappa shape index (κ2) is 13.7. The molecule has 2 aliphatic heterocycles. The van der Waals surface area contributed by atoms with Gasteiger partial charge in [0.15, 0.2) is 0 Å². The molecule has 2 aromatic heterocycles. The summed E-state index contributed by atoms with van der Waals surface area (Å²) in [5, 5.41) is 0.116. The number of anilines is 2. The first-order valence-electron chi connectivity index (χ1n) is 11.6. The molecule has 1 N–H and O–H groups in total. The van der Waals surface area contributed by atoms with E-state index in [1.54, 1.807) is 13.8 Å². The van der Waals surface area contributed by atoms with Gasteiger partial charge < -0.3 is 28.7 Å². The third-order valence-electron chi connectivity index (χ3n) is 5.11. The third-order valence-corrected chi connectivity index (χ3v) is 5.40. The van der Waals surface area contributed by atoms with Crippen molar-refractivity contribution in [3.8, 4) is 0 Å². The Bertz CT molecular complexity index is 1090. The number of carbonyl (C=O) groups is 2. The molecule has 0 saturated carbocycles. The molecule has 0 aromatic carbocycles. The average molecular weight is 525 g/mol. The predicted molar refractivity (Wildman–Crippen MR) is 130 cm³/mol. The first-order valence-corrected chi connectivity index (χ1v) is 11.9. The van der Waals surface area contributed by atoms with Gasteiger partial charge in [0.25, 0.3) is 5.56 Å². The molecule has 2 aliphatic rings. The van der Waals surface area contributed by atoms with Gasteiger partial charge in [0.1, 0.15) is 16.3 Å². The third kappa shape index (κ3) is 7.35. The van der Waals surface area contributed by atoms with Gasteiger partial charge in [0.05, 0.1) is 45.8 Å². The highest BCUT2D eigenvalue weighted by atomic mass is 35.5. The number of carbonyl (C=O) groups excluding carboxylic acids is 2. The van der Waals surface area contributed by atoms with E-state index in [2.05, 4.69) is 19.9 Å². The van der Waals surface area contributed by atoms with Crippen LogP contribution in [0.2, 0.25) is 5.15 Å². The lowest BCUT2D eigenvalue weighted by Crippen LogP contribution is -2.38. The van der Waals surface area contributed by atoms with Crippen molar-refractivity contribution in [2.75, 3.05) is 75.6 Å². The summed E-state index contributed by atoms with van der Waals surface area (Å²) in [7, 11) is 0. The van der Waals surface area contributed by atoms with Crippen LogP contribution in [0.15, 0.2) is 17.2 Å². The smallest absolute Gasteiger partial charge is 0.345 e. The van der Waals surface area contributed by atoms with Crippen molar-refractivity contribution in [3.05, 3.63) is 39.0 Å². The lowest BCUT2D eigenvalue weighted by atomic mass is 10.3. The highest BCUT2D eigenvalue weighted by molar-refractivity contribution is 6.32. The highest BCUT2D eigenvalue weighted by Crippen LogP contribution is 2.18. The molecule has 2 saturated heterocycles. The van der Waals surface area contributed by atoms with Gasteiger partial charge in [-0.2, -0.15) is 0 Å². The standard InChI is InChI=1S/C11H14ClN3O3.C11H15N3O4/c1-2-18-10(16)8-7-13-11(14-9(8)12)15-3-5-17-6-4-15;1-2-18-10(16)8-7-12-11(13-9(8)15)14-3-5-17-6-4-14/h7H,2-6H2,1H3;7H,2-6H2,1H3,(H,12,13,15). The van der Waals surface area contributed by atoms with E-state index in [4.69, 9.17) is 30.5 Å². The Labute approximate surface area is 212 Å². The van der Waals surface area contributed by atoms with E-state index in [1.807, 2.05) is 9.80 Å². The van der Waals surface area contributed by atoms with Crippen molar-refractivity contribution in [2.24, 2.45) is 0 Å². The number of halogens is 1. The molecule has 0 spiro atoms. The number of nitrogens with one attached hydrogen (secondary N) is 1. The molecule has 13 nitrogen and oxygen atoms in total. The Kier molecular flexibility index (Phi) is 10.4. The Morgan fingerprint density at radius 2 is 1.44 bits per heavy atom. The summed E-state index contributed by atoms with van der Waals surface area (Å²) < 4.78 is 20.1. The van der Waals surface area contributed by atoms with Crippen LogP contribution < -0.4 is 15.4 Å². The summed E-state index contributed by atoms with van der Waals surface area (Å²) in [5.74, 6) is -0.191. The van der Waals surface area contributed by atoms with Crippen LogP contribution in [-0.2, 0) is 18.9 Å². The topological polar surface area (TPSA) is 149 Å². The van der Waals surface area contributed by atoms with Crippen LogP contribution in [0.3, 0.4) is 0 Å². The number of morpholine rings is 2. The number of H-pyrrole nitrogens is 1. The molecular weight excluding hydrogens is 496 g/mol. The molecule has 4 heterocycles. The van der Waals surface area contributed by atoms with Gasteiger partial charge in [-0.25, -0.2) is 24.5 Å². The second-order valence-corrected chi connectivity index (χ2v) is 7.82. The van der Waals surface area contributed by atoms with Crippen molar-refractivity contribution < 1.29 is 28.5 Å². The number of hydrogen-bond donors (Lipinski definition) is 1. The molecule has 0 unspecified atom stereocenters. The number of esters is 2. The van der Waals surface area contributed by atoms with Crippen LogP contribution in [0.5, 0.6) is 0 Å². The van der Waals surface area contributed by atoms with Gasteiger partial charge in [0, 0.05) is 32.4 Å². The summed E-state index contributed by atoms with van der Waals surface area (Å²) in [6.45, 7) is 9.18. The zero-order chi connectivity index (χ0) is 25.9. The van der Waals surface area contributed by atoms with Gasteiger partial charge in [-0.3, -0.25) is 9.78 Å². The van der Waals surface area contributed by atoms with Crippen LogP contribution in [0, 0.1) is 0 Å². The zero-order valence-corrected chi connectivity index (χ0v) is 21.0. The van der Waals surface area contributed by atoms with Crippen LogP contribution in [0.1, 0.15) is 34.6 Å². The SMILES string of the molecule is CCOC(=O)c1cnc(N2CCOCC2)[nH]c1=O.CCOC(=O)c1cnc(N2CCOCC2)nc1Cl. The number of hydrogen-bond acceptors (Lipinski definition) is 12. The molecule has 0 radical (unpaired) electrons. The van der Waals surface area contributed by atoms with Crippen molar-refractivity contribution in [3.63, 3.8) is 0 Å². The minimum Gasteiger partial charge on any atom is -0.462 e. The highest BCUT2D eigenvalue weighted by Gasteiger charge is 2.19. The summed E-state index contributed by atoms with van der Waals surface area (Å²) in [6.07, 6.45) is 2.65. The number of ether oxygens (including phenoxy) is 4. The van der Waals surface area contributed by atoms with E-state index >= 15 is 0 Å². The lowest BCUT2D eigenvalue weighted by Gasteiger charge is -2.26. The molecule has 2 fully saturated rings. The molecule has 0 atom stereocenters. The van der Waals surface area contributed by atoms with E-state index in [0.29, 0.717) is 58.0 Å². The predicted octanol–water partition coefficient (Wildman–Crippen LogP) is 0.927. The Morgan fingerprint density at radius 3 is 1.97 bits per heavy atom. The number of nitrogens with zero attached hydrogens (tertiary/aromatic N) is 5. The minimum atomic E-state index is -0.653. The monoisotopic (exact) mass is 524 g/mol. The molecule has 196 valence electrons. The maximum Gasteiger partial charge on any atom is 0.345 e. The summed E-state index contributed by atoms with van der Waals surface area (Å²) in [5.41, 5.74) is -0.366. The van der Waals surface area contributed by atoms with Gasteiger partial charge in [-0.1, -0.05) is 11.6 Å². The van der Waals surface area contributed by atoms with Crippen molar-refractivity contribution in [1.29, 1.82) is 0 Å². The molecule has 0 amide bonds. The van der Waals surface area contributed by atoms with Gasteiger partial charge in [0.2, 0.25) is 11.9 Å². The molecule has 0 aliphatic carbocycles. The van der Waals surface area contributed by atoms with Gasteiger partial charge in [-0.15, -0.1) is 0 Å². The first-order chi connectivity index (χ1) is 17.4. The average Bonchev–Trinajstić information content (AvgIpc) is 2.90.